The highest BCUT2D eigenvalue weighted by Crippen LogP contribution is 2.41. The number of ether oxygens (including phenoxy) is 1. The molecule has 0 fully saturated rings. The first-order valence-corrected chi connectivity index (χ1v) is 14.1. The van der Waals surface area contributed by atoms with Gasteiger partial charge in [0.15, 0.2) is 5.01 Å². The van der Waals surface area contributed by atoms with Crippen LogP contribution in [0.2, 0.25) is 0 Å². The number of hydrogen-bond donors (Lipinski definition) is 1. The zero-order chi connectivity index (χ0) is 20.4. The highest BCUT2D eigenvalue weighted by atomic mass is 79.9. The summed E-state index contributed by atoms with van der Waals surface area (Å²) in [5.74, 6) is 0.449. The Bertz CT molecular complexity index is 902. The smallest absolute Gasteiger partial charge is 0.206 e. The summed E-state index contributed by atoms with van der Waals surface area (Å²) in [6, 6.07) is 5.70. The molecule has 0 spiro atoms. The molecule has 2 aromatic rings. The van der Waals surface area contributed by atoms with Crippen LogP contribution in [0.3, 0.4) is 0 Å². The molecule has 148 valence electrons. The molecule has 0 aliphatic rings. The Hall–Kier alpha value is 0.870. The molecule has 0 aromatic heterocycles. The van der Waals surface area contributed by atoms with E-state index in [2.05, 4.69) is 95.6 Å². The summed E-state index contributed by atoms with van der Waals surface area (Å²) < 4.78 is 33.5. The number of phenolic OH excluding ortho intramolecular Hbond substituents is 1. The van der Waals surface area contributed by atoms with E-state index in [1.54, 1.807) is 0 Å². The van der Waals surface area contributed by atoms with Crippen molar-refractivity contribution in [3.05, 3.63) is 42.2 Å². The first kappa shape index (κ1) is 24.1. The Kier molecular flexibility index (Phi) is 9.17. The summed E-state index contributed by atoms with van der Waals surface area (Å²) in [6.45, 7) is 0. The number of hydrogen-bond acceptors (Lipinski definition) is 4. The number of alkyl halides is 2. The molecule has 27 heavy (non-hydrogen) atoms. The van der Waals surface area contributed by atoms with Crippen molar-refractivity contribution in [3.63, 3.8) is 0 Å². The number of benzene rings is 2. The van der Waals surface area contributed by atoms with Crippen molar-refractivity contribution in [1.29, 1.82) is 0 Å². The van der Waals surface area contributed by atoms with Crippen LogP contribution in [0.25, 0.3) is 0 Å². The number of sulfone groups is 1. The van der Waals surface area contributed by atoms with Crippen LogP contribution >= 0.6 is 95.6 Å². The number of aromatic hydroxyl groups is 1. The van der Waals surface area contributed by atoms with Crippen LogP contribution in [0.15, 0.2) is 51.9 Å². The van der Waals surface area contributed by atoms with Gasteiger partial charge in [-0.3, -0.25) is 0 Å². The fraction of sp³-hybridized carbons (Fsp3) is 0.250. The molecule has 11 heteroatoms. The van der Waals surface area contributed by atoms with Gasteiger partial charge in [0.25, 0.3) is 0 Å². The summed E-state index contributed by atoms with van der Waals surface area (Å²) >= 11 is 19.9. The minimum atomic E-state index is -3.81. The van der Waals surface area contributed by atoms with E-state index < -0.39 is 9.84 Å². The second-order valence-corrected chi connectivity index (χ2v) is 12.5. The van der Waals surface area contributed by atoms with Gasteiger partial charge in [-0.15, -0.1) is 0 Å². The van der Waals surface area contributed by atoms with E-state index >= 15 is 0 Å². The van der Waals surface area contributed by atoms with Gasteiger partial charge >= 0.3 is 0 Å². The molecular weight excluding hydrogens is 768 g/mol. The van der Waals surface area contributed by atoms with Crippen LogP contribution in [0, 0.1) is 0 Å². The number of rotatable bonds is 7. The predicted octanol–water partition coefficient (Wildman–Crippen LogP) is 7.55. The van der Waals surface area contributed by atoms with Crippen molar-refractivity contribution in [2.75, 3.05) is 5.33 Å². The van der Waals surface area contributed by atoms with Gasteiger partial charge in [-0.1, -0.05) is 15.9 Å². The van der Waals surface area contributed by atoms with Crippen molar-refractivity contribution in [3.8, 4) is 11.5 Å². The monoisotopic (exact) mass is 774 g/mol. The molecule has 1 atom stereocenters. The van der Waals surface area contributed by atoms with Gasteiger partial charge in [0, 0.05) is 5.33 Å². The summed E-state index contributed by atoms with van der Waals surface area (Å²) in [7, 11) is -3.81. The average Bonchev–Trinajstić information content (AvgIpc) is 2.60. The van der Waals surface area contributed by atoms with Crippen molar-refractivity contribution >= 4 is 105 Å². The molecule has 0 bridgehead atoms. The standard InChI is InChI=1S/C16H12Br6O4S/c17-3-1-2-14(22)26-16-12(20)6-9(7-13(16)21)27(24,25)8-4-10(18)15(23)11(19)5-8/h4-7,14,23H,1-3H2/t14-/m0/s1. The van der Waals surface area contributed by atoms with Gasteiger partial charge < -0.3 is 9.84 Å². The zero-order valence-electron chi connectivity index (χ0n) is 13.4. The zero-order valence-corrected chi connectivity index (χ0v) is 23.7. The first-order valence-electron chi connectivity index (χ1n) is 7.36. The third-order valence-corrected chi connectivity index (χ3v) is 8.70. The van der Waals surface area contributed by atoms with E-state index in [4.69, 9.17) is 4.74 Å². The Morgan fingerprint density at radius 2 is 1.37 bits per heavy atom. The molecule has 2 aromatic carbocycles. The average molecular weight is 780 g/mol. The lowest BCUT2D eigenvalue weighted by atomic mass is 10.3. The third-order valence-electron chi connectivity index (χ3n) is 3.39. The Balaban J connectivity index is 2.42. The van der Waals surface area contributed by atoms with Gasteiger partial charge in [0.2, 0.25) is 9.84 Å². The van der Waals surface area contributed by atoms with Crippen LogP contribution < -0.4 is 4.74 Å². The van der Waals surface area contributed by atoms with Crippen molar-refractivity contribution in [2.24, 2.45) is 0 Å². The lowest BCUT2D eigenvalue weighted by Gasteiger charge is -2.17. The van der Waals surface area contributed by atoms with Crippen LogP contribution in [0.4, 0.5) is 0 Å². The Morgan fingerprint density at radius 3 is 1.81 bits per heavy atom. The molecule has 2 rings (SSSR count). The molecule has 0 saturated carbocycles. The fourth-order valence-corrected chi connectivity index (χ4v) is 7.43. The lowest BCUT2D eigenvalue weighted by molar-refractivity contribution is 0.279. The van der Waals surface area contributed by atoms with E-state index in [1.165, 1.54) is 24.3 Å². The molecule has 0 radical (unpaired) electrons. The maximum Gasteiger partial charge on any atom is 0.206 e. The number of halogens is 6. The molecule has 4 nitrogen and oxygen atoms in total. The van der Waals surface area contributed by atoms with Crippen molar-refractivity contribution in [2.45, 2.75) is 27.6 Å². The minimum Gasteiger partial charge on any atom is -0.506 e. The maximum atomic E-state index is 13.0. The normalized spacial score (nSPS) is 12.8. The van der Waals surface area contributed by atoms with E-state index in [1.807, 2.05) is 0 Å². The van der Waals surface area contributed by atoms with Gasteiger partial charge in [-0.05, 0) is 117 Å². The molecule has 0 saturated heterocycles. The fourth-order valence-electron chi connectivity index (χ4n) is 2.06. The van der Waals surface area contributed by atoms with Gasteiger partial charge in [-0.25, -0.2) is 8.42 Å². The van der Waals surface area contributed by atoms with Crippen LogP contribution in [0.1, 0.15) is 12.8 Å². The van der Waals surface area contributed by atoms with Crippen molar-refractivity contribution in [1.82, 2.24) is 0 Å². The molecule has 0 heterocycles. The first-order chi connectivity index (χ1) is 12.6. The topological polar surface area (TPSA) is 63.6 Å². The van der Waals surface area contributed by atoms with Crippen LogP contribution in [-0.2, 0) is 9.84 Å². The highest BCUT2D eigenvalue weighted by molar-refractivity contribution is 9.11. The maximum absolute atomic E-state index is 13.0. The van der Waals surface area contributed by atoms with Crippen LogP contribution in [-0.4, -0.2) is 23.9 Å². The summed E-state index contributed by atoms with van der Waals surface area (Å²) in [5, 5.41) is 10.5. The minimum absolute atomic E-state index is 0.0437. The lowest BCUT2D eigenvalue weighted by Crippen LogP contribution is -2.10. The Labute approximate surface area is 208 Å². The molecule has 1 N–H and O–H groups in total. The van der Waals surface area contributed by atoms with Gasteiger partial charge in [-0.2, -0.15) is 0 Å². The molecule has 0 aliphatic heterocycles. The second-order valence-electron chi connectivity index (χ2n) is 5.31. The summed E-state index contributed by atoms with van der Waals surface area (Å²) in [6.07, 6.45) is 1.72. The van der Waals surface area contributed by atoms with Crippen LogP contribution in [0.5, 0.6) is 11.5 Å². The van der Waals surface area contributed by atoms with E-state index in [0.29, 0.717) is 14.7 Å². The molecule has 0 aliphatic carbocycles. The molecular formula is C16H12Br6O4S. The Morgan fingerprint density at radius 1 is 0.926 bits per heavy atom. The van der Waals surface area contributed by atoms with E-state index in [-0.39, 0.29) is 29.5 Å². The molecule has 0 unspecified atom stereocenters. The third kappa shape index (κ3) is 5.95. The SMILES string of the molecule is O=S(=O)(c1cc(Br)c(O)c(Br)c1)c1cc(Br)c(O[C@H](Br)CCCBr)c(Br)c1. The molecule has 0 amide bonds. The van der Waals surface area contributed by atoms with Gasteiger partial charge in [0.1, 0.15) is 11.5 Å². The second kappa shape index (κ2) is 10.3. The summed E-state index contributed by atoms with van der Waals surface area (Å²) in [5.41, 5.74) is 0. The number of phenols is 1. The van der Waals surface area contributed by atoms with Gasteiger partial charge in [0.05, 0.1) is 27.7 Å². The van der Waals surface area contributed by atoms with E-state index in [9.17, 15) is 13.5 Å². The predicted molar refractivity (Wildman–Crippen MR) is 127 cm³/mol. The van der Waals surface area contributed by atoms with Crippen molar-refractivity contribution < 1.29 is 18.3 Å². The quantitative estimate of drug-likeness (QED) is 0.295. The summed E-state index contributed by atoms with van der Waals surface area (Å²) in [4.78, 5) is 0.131. The largest absolute Gasteiger partial charge is 0.506 e. The van der Waals surface area contributed by atoms with E-state index in [0.717, 1.165) is 18.2 Å². The highest BCUT2D eigenvalue weighted by Gasteiger charge is 2.24.